The highest BCUT2D eigenvalue weighted by Gasteiger charge is 2.15. The summed E-state index contributed by atoms with van der Waals surface area (Å²) in [7, 11) is 1.95. The van der Waals surface area contributed by atoms with Crippen LogP contribution >= 0.6 is 0 Å². The van der Waals surface area contributed by atoms with E-state index >= 15 is 0 Å². The van der Waals surface area contributed by atoms with Crippen molar-refractivity contribution in [2.45, 2.75) is 65.3 Å². The Kier molecular flexibility index (Phi) is 5.21. The van der Waals surface area contributed by atoms with E-state index in [1.165, 1.54) is 24.0 Å². The second-order valence-corrected chi connectivity index (χ2v) is 6.09. The van der Waals surface area contributed by atoms with Gasteiger partial charge in [-0.3, -0.25) is 9.48 Å². The van der Waals surface area contributed by atoms with Crippen molar-refractivity contribution in [1.82, 2.24) is 15.1 Å². The second kappa shape index (κ2) is 6.92. The van der Waals surface area contributed by atoms with Crippen LogP contribution in [0.1, 0.15) is 56.0 Å². The van der Waals surface area contributed by atoms with E-state index in [9.17, 15) is 4.79 Å². The number of carbonyl (C=O) groups is 1. The van der Waals surface area contributed by atoms with E-state index in [4.69, 9.17) is 0 Å². The van der Waals surface area contributed by atoms with Crippen molar-refractivity contribution in [3.63, 3.8) is 0 Å². The Labute approximate surface area is 127 Å². The van der Waals surface area contributed by atoms with Gasteiger partial charge in [0.25, 0.3) is 0 Å². The second-order valence-electron chi connectivity index (χ2n) is 6.09. The summed E-state index contributed by atoms with van der Waals surface area (Å²) in [4.78, 5) is 12.1. The van der Waals surface area contributed by atoms with E-state index in [0.717, 1.165) is 30.7 Å². The summed E-state index contributed by atoms with van der Waals surface area (Å²) in [5.74, 6) is 0.136. The quantitative estimate of drug-likeness (QED) is 0.847. The molecule has 2 rings (SSSR count). The minimum Gasteiger partial charge on any atom is -0.350 e. The Morgan fingerprint density at radius 3 is 2.76 bits per heavy atom. The number of nitrogens with one attached hydrogen (secondary N) is 1. The topological polar surface area (TPSA) is 46.9 Å². The van der Waals surface area contributed by atoms with Crippen molar-refractivity contribution < 1.29 is 4.79 Å². The molecular weight excluding hydrogens is 262 g/mol. The molecule has 4 heteroatoms. The van der Waals surface area contributed by atoms with Gasteiger partial charge in [0, 0.05) is 25.2 Å². The molecule has 1 heterocycles. The smallest absolute Gasteiger partial charge is 0.220 e. The summed E-state index contributed by atoms with van der Waals surface area (Å²) in [6.45, 7) is 6.16. The third-order valence-corrected chi connectivity index (χ3v) is 4.52. The number of amides is 1. The Morgan fingerprint density at radius 1 is 1.43 bits per heavy atom. The van der Waals surface area contributed by atoms with Crippen LogP contribution in [0.15, 0.2) is 11.6 Å². The molecule has 4 nitrogen and oxygen atoms in total. The van der Waals surface area contributed by atoms with Crippen LogP contribution in [0.5, 0.6) is 0 Å². The van der Waals surface area contributed by atoms with Crippen LogP contribution in [0, 0.1) is 13.8 Å². The van der Waals surface area contributed by atoms with Crippen LogP contribution in [0.25, 0.3) is 0 Å². The molecule has 1 aliphatic carbocycles. The van der Waals surface area contributed by atoms with Gasteiger partial charge in [0.15, 0.2) is 0 Å². The SMILES string of the molecule is Cc1nn(C)c(C)c1CCC(=O)NC(C)C1=CCCCC1. The zero-order valence-corrected chi connectivity index (χ0v) is 13.7. The van der Waals surface area contributed by atoms with Crippen LogP contribution in [-0.2, 0) is 18.3 Å². The van der Waals surface area contributed by atoms with Gasteiger partial charge in [0.05, 0.1) is 5.69 Å². The Balaban J connectivity index is 1.86. The summed E-state index contributed by atoms with van der Waals surface area (Å²) in [6.07, 6.45) is 8.41. The lowest BCUT2D eigenvalue weighted by Gasteiger charge is -2.20. The molecule has 1 aliphatic rings. The summed E-state index contributed by atoms with van der Waals surface area (Å²) >= 11 is 0. The number of nitrogens with zero attached hydrogens (tertiary/aromatic N) is 2. The third kappa shape index (κ3) is 3.96. The van der Waals surface area contributed by atoms with Crippen LogP contribution in [0.3, 0.4) is 0 Å². The molecule has 0 saturated heterocycles. The molecule has 0 fully saturated rings. The first kappa shape index (κ1) is 15.8. The molecule has 1 amide bonds. The maximum Gasteiger partial charge on any atom is 0.220 e. The average Bonchev–Trinajstić information content (AvgIpc) is 2.71. The number of allylic oxidation sites excluding steroid dienone is 1. The van der Waals surface area contributed by atoms with Gasteiger partial charge in [0.1, 0.15) is 0 Å². The lowest BCUT2D eigenvalue weighted by molar-refractivity contribution is -0.121. The lowest BCUT2D eigenvalue weighted by atomic mass is 9.94. The fourth-order valence-electron chi connectivity index (χ4n) is 3.08. The molecule has 1 unspecified atom stereocenters. The van der Waals surface area contributed by atoms with E-state index in [1.54, 1.807) is 0 Å². The van der Waals surface area contributed by atoms with Gasteiger partial charge < -0.3 is 5.32 Å². The molecule has 0 bridgehead atoms. The molecule has 0 radical (unpaired) electrons. The van der Waals surface area contributed by atoms with E-state index in [2.05, 4.69) is 30.3 Å². The minimum absolute atomic E-state index is 0.136. The summed E-state index contributed by atoms with van der Waals surface area (Å²) in [6, 6.07) is 0.175. The lowest BCUT2D eigenvalue weighted by Crippen LogP contribution is -2.34. The van der Waals surface area contributed by atoms with Crippen LogP contribution < -0.4 is 5.32 Å². The fraction of sp³-hybridized carbons (Fsp3) is 0.647. The van der Waals surface area contributed by atoms with E-state index in [1.807, 2.05) is 18.7 Å². The zero-order valence-electron chi connectivity index (χ0n) is 13.7. The molecule has 1 aromatic rings. The number of aromatic nitrogens is 2. The first-order valence-electron chi connectivity index (χ1n) is 7.96. The Morgan fingerprint density at radius 2 is 2.19 bits per heavy atom. The number of carbonyl (C=O) groups excluding carboxylic acids is 1. The van der Waals surface area contributed by atoms with Gasteiger partial charge in [-0.2, -0.15) is 5.10 Å². The largest absolute Gasteiger partial charge is 0.350 e. The minimum atomic E-state index is 0.136. The van der Waals surface area contributed by atoms with Crippen molar-refractivity contribution in [2.24, 2.45) is 7.05 Å². The number of hydrogen-bond acceptors (Lipinski definition) is 2. The molecule has 116 valence electrons. The predicted molar refractivity (Wildman–Crippen MR) is 85.2 cm³/mol. The molecule has 1 aromatic heterocycles. The predicted octanol–water partition coefficient (Wildman–Crippen LogP) is 2.97. The zero-order chi connectivity index (χ0) is 15.4. The highest BCUT2D eigenvalue weighted by atomic mass is 16.1. The Bertz CT molecular complexity index is 542. The monoisotopic (exact) mass is 289 g/mol. The van der Waals surface area contributed by atoms with E-state index in [0.29, 0.717) is 6.42 Å². The van der Waals surface area contributed by atoms with Crippen molar-refractivity contribution in [3.05, 3.63) is 28.6 Å². The molecule has 0 aromatic carbocycles. The molecule has 0 saturated carbocycles. The van der Waals surface area contributed by atoms with Crippen molar-refractivity contribution >= 4 is 5.91 Å². The standard InChI is InChI=1S/C17H27N3O/c1-12(15-8-6-5-7-9-15)18-17(21)11-10-16-13(2)19-20(4)14(16)3/h8,12H,5-7,9-11H2,1-4H3,(H,18,21). The maximum absolute atomic E-state index is 12.1. The van der Waals surface area contributed by atoms with Crippen LogP contribution in [0.2, 0.25) is 0 Å². The van der Waals surface area contributed by atoms with Crippen LogP contribution in [0.4, 0.5) is 0 Å². The molecule has 0 aliphatic heterocycles. The van der Waals surface area contributed by atoms with Crippen LogP contribution in [-0.4, -0.2) is 21.7 Å². The third-order valence-electron chi connectivity index (χ3n) is 4.52. The van der Waals surface area contributed by atoms with Gasteiger partial charge >= 0.3 is 0 Å². The maximum atomic E-state index is 12.1. The van der Waals surface area contributed by atoms with Crippen molar-refractivity contribution in [3.8, 4) is 0 Å². The first-order valence-corrected chi connectivity index (χ1v) is 7.96. The van der Waals surface area contributed by atoms with Crippen molar-refractivity contribution in [1.29, 1.82) is 0 Å². The first-order chi connectivity index (χ1) is 9.99. The van der Waals surface area contributed by atoms with Gasteiger partial charge in [-0.15, -0.1) is 0 Å². The molecule has 21 heavy (non-hydrogen) atoms. The molecule has 1 atom stereocenters. The Hall–Kier alpha value is -1.58. The summed E-state index contributed by atoms with van der Waals surface area (Å²) < 4.78 is 1.89. The number of rotatable bonds is 5. The summed E-state index contributed by atoms with van der Waals surface area (Å²) in [5, 5.41) is 7.53. The van der Waals surface area contributed by atoms with E-state index in [-0.39, 0.29) is 11.9 Å². The molecule has 0 spiro atoms. The number of hydrogen-bond donors (Lipinski definition) is 1. The highest BCUT2D eigenvalue weighted by Crippen LogP contribution is 2.20. The van der Waals surface area contributed by atoms with Gasteiger partial charge in [-0.25, -0.2) is 0 Å². The fourth-order valence-corrected chi connectivity index (χ4v) is 3.08. The normalized spacial score (nSPS) is 16.5. The number of aryl methyl sites for hydroxylation is 2. The molecule has 1 N–H and O–H groups in total. The van der Waals surface area contributed by atoms with E-state index < -0.39 is 0 Å². The van der Waals surface area contributed by atoms with Gasteiger partial charge in [-0.1, -0.05) is 11.6 Å². The summed E-state index contributed by atoms with van der Waals surface area (Å²) in [5.41, 5.74) is 4.79. The van der Waals surface area contributed by atoms with Gasteiger partial charge in [-0.05, 0) is 58.4 Å². The van der Waals surface area contributed by atoms with Gasteiger partial charge in [0.2, 0.25) is 5.91 Å². The average molecular weight is 289 g/mol. The highest BCUT2D eigenvalue weighted by molar-refractivity contribution is 5.77. The molecular formula is C17H27N3O. The van der Waals surface area contributed by atoms with Crippen molar-refractivity contribution in [2.75, 3.05) is 0 Å².